The molecule has 0 radical (unpaired) electrons. The summed E-state index contributed by atoms with van der Waals surface area (Å²) in [6, 6.07) is 7.10. The summed E-state index contributed by atoms with van der Waals surface area (Å²) in [4.78, 5) is 22.9. The Labute approximate surface area is 117 Å². The molecule has 0 aliphatic carbocycles. The number of carbonyl (C=O) groups excluding carboxylic acids is 2. The number of benzene rings is 1. The van der Waals surface area contributed by atoms with Crippen LogP contribution in [0.4, 0.5) is 5.69 Å². The van der Waals surface area contributed by atoms with Crippen molar-refractivity contribution in [3.05, 3.63) is 29.8 Å². The zero-order valence-electron chi connectivity index (χ0n) is 11.4. The fourth-order valence-electron chi connectivity index (χ4n) is 2.01. The summed E-state index contributed by atoms with van der Waals surface area (Å²) in [7, 11) is 0. The number of ether oxygens (including phenoxy) is 1. The predicted octanol–water partition coefficient (Wildman–Crippen LogP) is 0.250. The van der Waals surface area contributed by atoms with E-state index < -0.39 is 0 Å². The van der Waals surface area contributed by atoms with E-state index in [1.165, 1.54) is 6.92 Å². The molecule has 0 spiro atoms. The molecular formula is C14H19N3O3. The Morgan fingerprint density at radius 1 is 1.45 bits per heavy atom. The number of hydrogen-bond acceptors (Lipinski definition) is 4. The number of morpholine rings is 1. The lowest BCUT2D eigenvalue weighted by Gasteiger charge is -2.22. The summed E-state index contributed by atoms with van der Waals surface area (Å²) < 4.78 is 5.25. The number of hydrogen-bond donors (Lipinski definition) is 3. The molecule has 1 atom stereocenters. The molecule has 1 unspecified atom stereocenters. The Balaban J connectivity index is 1.86. The van der Waals surface area contributed by atoms with E-state index in [1.807, 2.05) is 24.3 Å². The first-order valence-corrected chi connectivity index (χ1v) is 6.60. The molecule has 2 rings (SSSR count). The maximum Gasteiger partial charge on any atom is 0.239 e. The Morgan fingerprint density at radius 3 is 3.00 bits per heavy atom. The van der Waals surface area contributed by atoms with Gasteiger partial charge in [0.25, 0.3) is 0 Å². The van der Waals surface area contributed by atoms with Crippen molar-refractivity contribution < 1.29 is 14.3 Å². The van der Waals surface area contributed by atoms with E-state index in [1.54, 1.807) is 0 Å². The van der Waals surface area contributed by atoms with Gasteiger partial charge in [0.05, 0.1) is 13.2 Å². The monoisotopic (exact) mass is 277 g/mol. The van der Waals surface area contributed by atoms with Crippen molar-refractivity contribution >= 4 is 17.5 Å². The largest absolute Gasteiger partial charge is 0.378 e. The van der Waals surface area contributed by atoms with Crippen molar-refractivity contribution in [2.24, 2.45) is 0 Å². The molecule has 6 heteroatoms. The van der Waals surface area contributed by atoms with Crippen LogP contribution in [0.3, 0.4) is 0 Å². The van der Waals surface area contributed by atoms with Gasteiger partial charge >= 0.3 is 0 Å². The fourth-order valence-corrected chi connectivity index (χ4v) is 2.01. The second-order valence-electron chi connectivity index (χ2n) is 4.68. The molecule has 1 aliphatic heterocycles. The molecule has 108 valence electrons. The van der Waals surface area contributed by atoms with Crippen molar-refractivity contribution in [2.45, 2.75) is 19.5 Å². The zero-order valence-corrected chi connectivity index (χ0v) is 11.4. The molecule has 0 bridgehead atoms. The first-order valence-electron chi connectivity index (χ1n) is 6.60. The minimum atomic E-state index is -0.290. The molecule has 1 saturated heterocycles. The van der Waals surface area contributed by atoms with Crippen molar-refractivity contribution in [3.8, 4) is 0 Å². The smallest absolute Gasteiger partial charge is 0.239 e. The van der Waals surface area contributed by atoms with Gasteiger partial charge in [-0.15, -0.1) is 0 Å². The quantitative estimate of drug-likeness (QED) is 0.737. The average Bonchev–Trinajstić information content (AvgIpc) is 2.45. The van der Waals surface area contributed by atoms with Crippen LogP contribution in [-0.4, -0.2) is 37.6 Å². The van der Waals surface area contributed by atoms with Crippen molar-refractivity contribution in [2.75, 3.05) is 25.1 Å². The number of amides is 2. The average molecular weight is 277 g/mol. The Hall–Kier alpha value is -1.92. The molecule has 2 amide bonds. The van der Waals surface area contributed by atoms with Gasteiger partial charge in [-0.1, -0.05) is 12.1 Å². The van der Waals surface area contributed by atoms with Gasteiger partial charge in [-0.3, -0.25) is 9.59 Å². The van der Waals surface area contributed by atoms with Crippen molar-refractivity contribution in [1.82, 2.24) is 10.6 Å². The first kappa shape index (κ1) is 14.5. The summed E-state index contributed by atoms with van der Waals surface area (Å²) >= 11 is 0. The van der Waals surface area contributed by atoms with Gasteiger partial charge in [-0.2, -0.15) is 0 Å². The van der Waals surface area contributed by atoms with Gasteiger partial charge in [0.2, 0.25) is 11.8 Å². The summed E-state index contributed by atoms with van der Waals surface area (Å²) in [5.74, 6) is -0.190. The van der Waals surface area contributed by atoms with E-state index in [2.05, 4.69) is 16.0 Å². The Kier molecular flexibility index (Phi) is 5.09. The third kappa shape index (κ3) is 4.32. The molecule has 20 heavy (non-hydrogen) atoms. The summed E-state index contributed by atoms with van der Waals surface area (Å²) in [5, 5.41) is 8.67. The predicted molar refractivity (Wildman–Crippen MR) is 75.2 cm³/mol. The summed E-state index contributed by atoms with van der Waals surface area (Å²) in [6.07, 6.45) is 0. The standard InChI is InChI=1S/C14H19N3O3/c1-10(18)17-12-4-2-3-11(7-12)8-16-14(19)13-9-20-6-5-15-13/h2-4,7,13,15H,5-6,8-9H2,1H3,(H,16,19)(H,17,18). The molecule has 1 heterocycles. The SMILES string of the molecule is CC(=O)Nc1cccc(CNC(=O)C2COCCN2)c1. The Morgan fingerprint density at radius 2 is 2.30 bits per heavy atom. The van der Waals surface area contributed by atoms with Gasteiger partial charge < -0.3 is 20.7 Å². The number of nitrogens with one attached hydrogen (secondary N) is 3. The van der Waals surface area contributed by atoms with Gasteiger partial charge in [-0.25, -0.2) is 0 Å². The molecular weight excluding hydrogens is 258 g/mol. The van der Waals surface area contributed by atoms with E-state index in [9.17, 15) is 9.59 Å². The maximum absolute atomic E-state index is 11.9. The van der Waals surface area contributed by atoms with Crippen LogP contribution in [0.25, 0.3) is 0 Å². The third-order valence-electron chi connectivity index (χ3n) is 2.95. The van der Waals surface area contributed by atoms with Crippen LogP contribution >= 0.6 is 0 Å². The lowest BCUT2D eigenvalue weighted by atomic mass is 10.2. The maximum atomic E-state index is 11.9. The van der Waals surface area contributed by atoms with E-state index in [-0.39, 0.29) is 17.9 Å². The fraction of sp³-hybridized carbons (Fsp3) is 0.429. The highest BCUT2D eigenvalue weighted by Crippen LogP contribution is 2.10. The van der Waals surface area contributed by atoms with Crippen LogP contribution in [0, 0.1) is 0 Å². The van der Waals surface area contributed by atoms with Crippen LogP contribution in [-0.2, 0) is 20.9 Å². The van der Waals surface area contributed by atoms with E-state index in [0.29, 0.717) is 26.3 Å². The van der Waals surface area contributed by atoms with E-state index in [4.69, 9.17) is 4.74 Å². The molecule has 1 fully saturated rings. The lowest BCUT2D eigenvalue weighted by molar-refractivity contribution is -0.126. The molecule has 3 N–H and O–H groups in total. The molecule has 1 aromatic carbocycles. The molecule has 1 aromatic rings. The van der Waals surface area contributed by atoms with Crippen LogP contribution < -0.4 is 16.0 Å². The van der Waals surface area contributed by atoms with Crippen LogP contribution in [0.2, 0.25) is 0 Å². The second kappa shape index (κ2) is 7.02. The van der Waals surface area contributed by atoms with Gasteiger partial charge in [0.1, 0.15) is 6.04 Å². The lowest BCUT2D eigenvalue weighted by Crippen LogP contribution is -2.51. The van der Waals surface area contributed by atoms with Gasteiger partial charge in [-0.05, 0) is 17.7 Å². The van der Waals surface area contributed by atoms with Crippen LogP contribution in [0.1, 0.15) is 12.5 Å². The number of carbonyl (C=O) groups is 2. The van der Waals surface area contributed by atoms with Gasteiger partial charge in [0, 0.05) is 25.7 Å². The molecule has 0 saturated carbocycles. The summed E-state index contributed by atoms with van der Waals surface area (Å²) in [5.41, 5.74) is 1.66. The normalized spacial score (nSPS) is 18.4. The topological polar surface area (TPSA) is 79.5 Å². The zero-order chi connectivity index (χ0) is 14.4. The minimum absolute atomic E-state index is 0.0744. The number of anilines is 1. The molecule has 6 nitrogen and oxygen atoms in total. The first-order chi connectivity index (χ1) is 9.65. The Bertz CT molecular complexity index is 484. The van der Waals surface area contributed by atoms with Crippen molar-refractivity contribution in [1.29, 1.82) is 0 Å². The van der Waals surface area contributed by atoms with Crippen molar-refractivity contribution in [3.63, 3.8) is 0 Å². The summed E-state index contributed by atoms with van der Waals surface area (Å²) in [6.45, 7) is 3.62. The molecule has 0 aromatic heterocycles. The highest BCUT2D eigenvalue weighted by Gasteiger charge is 2.20. The van der Waals surface area contributed by atoms with E-state index in [0.717, 1.165) is 11.3 Å². The highest BCUT2D eigenvalue weighted by molar-refractivity contribution is 5.88. The second-order valence-corrected chi connectivity index (χ2v) is 4.68. The molecule has 1 aliphatic rings. The minimum Gasteiger partial charge on any atom is -0.378 e. The number of rotatable bonds is 4. The highest BCUT2D eigenvalue weighted by atomic mass is 16.5. The van der Waals surface area contributed by atoms with E-state index >= 15 is 0 Å². The van der Waals surface area contributed by atoms with Crippen LogP contribution in [0.5, 0.6) is 0 Å². The van der Waals surface area contributed by atoms with Gasteiger partial charge in [0.15, 0.2) is 0 Å². The van der Waals surface area contributed by atoms with Crippen LogP contribution in [0.15, 0.2) is 24.3 Å². The third-order valence-corrected chi connectivity index (χ3v) is 2.95.